The lowest BCUT2D eigenvalue weighted by molar-refractivity contribution is 0.365. The number of anilines is 3. The van der Waals surface area contributed by atoms with Crippen molar-refractivity contribution in [1.29, 1.82) is 0 Å². The van der Waals surface area contributed by atoms with Crippen LogP contribution >= 0.6 is 0 Å². The molecule has 0 unspecified atom stereocenters. The quantitative estimate of drug-likeness (QED) is 0.219. The second-order valence-electron chi connectivity index (χ2n) is 10.3. The van der Waals surface area contributed by atoms with Crippen molar-refractivity contribution in [3.05, 3.63) is 144 Å². The van der Waals surface area contributed by atoms with Crippen molar-refractivity contribution in [3.8, 4) is 0 Å². The molecular weight excluding hydrogens is 488 g/mol. The highest BCUT2D eigenvalue weighted by molar-refractivity contribution is 6.12. The van der Waals surface area contributed by atoms with E-state index in [-0.39, 0.29) is 0 Å². The van der Waals surface area contributed by atoms with Crippen LogP contribution in [0.1, 0.15) is 31.4 Å². The number of hydrogen-bond acceptors (Lipinski definition) is 4. The van der Waals surface area contributed by atoms with E-state index in [2.05, 4.69) is 150 Å². The Morgan fingerprint density at radius 3 is 1.93 bits per heavy atom. The van der Waals surface area contributed by atoms with Gasteiger partial charge in [-0.25, -0.2) is 4.99 Å². The third kappa shape index (κ3) is 5.30. The van der Waals surface area contributed by atoms with Crippen LogP contribution in [-0.2, 0) is 13.1 Å². The van der Waals surface area contributed by atoms with Crippen LogP contribution in [0.5, 0.6) is 0 Å². The van der Waals surface area contributed by atoms with E-state index in [4.69, 9.17) is 4.99 Å². The van der Waals surface area contributed by atoms with Crippen LogP contribution in [0.25, 0.3) is 0 Å². The average Bonchev–Trinajstić information content (AvgIpc) is 3.02. The first-order valence-electron chi connectivity index (χ1n) is 14.3. The lowest BCUT2D eigenvalue weighted by Gasteiger charge is -2.37. The van der Waals surface area contributed by atoms with Crippen molar-refractivity contribution < 1.29 is 0 Å². The predicted octanol–water partition coefficient (Wildman–Crippen LogP) is 8.63. The molecule has 0 bridgehead atoms. The largest absolute Gasteiger partial charge is 0.368 e. The van der Waals surface area contributed by atoms with E-state index >= 15 is 0 Å². The third-order valence-electron chi connectivity index (χ3n) is 7.72. The number of aliphatic imine (C=N–C) groups is 1. The molecule has 0 fully saturated rings. The molecule has 0 saturated heterocycles. The second-order valence-corrected chi connectivity index (χ2v) is 10.3. The van der Waals surface area contributed by atoms with Gasteiger partial charge >= 0.3 is 0 Å². The van der Waals surface area contributed by atoms with E-state index in [0.717, 1.165) is 61.1 Å². The summed E-state index contributed by atoms with van der Waals surface area (Å²) in [4.78, 5) is 12.5. The molecule has 1 heterocycles. The van der Waals surface area contributed by atoms with E-state index in [0.29, 0.717) is 0 Å². The molecule has 0 aromatic heterocycles. The molecular formula is C36H36N4. The molecule has 0 radical (unpaired) electrons. The summed E-state index contributed by atoms with van der Waals surface area (Å²) in [5, 5.41) is 0. The number of nitrogens with zero attached hydrogens (tertiary/aromatic N) is 4. The van der Waals surface area contributed by atoms with E-state index < -0.39 is 0 Å². The molecule has 0 N–H and O–H groups in total. The van der Waals surface area contributed by atoms with Gasteiger partial charge in [-0.15, -0.1) is 0 Å². The zero-order valence-corrected chi connectivity index (χ0v) is 23.4. The first-order chi connectivity index (χ1) is 19.7. The SMILES string of the molecule is CCN(Cc1ccccc1)C1=CCC2=Nc3ccc(N(CC)Cc4ccccc4)cc3N(c3ccccc3)C2=C1. The van der Waals surface area contributed by atoms with Crippen LogP contribution in [0.2, 0.25) is 0 Å². The highest BCUT2D eigenvalue weighted by Crippen LogP contribution is 2.45. The van der Waals surface area contributed by atoms with Crippen molar-refractivity contribution >= 4 is 28.5 Å². The van der Waals surface area contributed by atoms with Gasteiger partial charge in [-0.3, -0.25) is 0 Å². The topological polar surface area (TPSA) is 22.1 Å². The second kappa shape index (κ2) is 11.7. The van der Waals surface area contributed by atoms with Crippen molar-refractivity contribution in [1.82, 2.24) is 4.90 Å². The fourth-order valence-corrected chi connectivity index (χ4v) is 5.60. The maximum absolute atomic E-state index is 5.18. The molecule has 1 aliphatic carbocycles. The first kappa shape index (κ1) is 25.7. The van der Waals surface area contributed by atoms with E-state index in [9.17, 15) is 0 Å². The summed E-state index contributed by atoms with van der Waals surface area (Å²) in [6.07, 6.45) is 5.47. The lowest BCUT2D eigenvalue weighted by atomic mass is 9.99. The van der Waals surface area contributed by atoms with Gasteiger partial charge in [-0.2, -0.15) is 0 Å². The van der Waals surface area contributed by atoms with Gasteiger partial charge in [-0.05, 0) is 61.4 Å². The maximum atomic E-state index is 5.18. The number of likely N-dealkylation sites (N-methyl/N-ethyl adjacent to an activating group) is 1. The molecule has 4 aromatic rings. The maximum Gasteiger partial charge on any atom is 0.0876 e. The van der Waals surface area contributed by atoms with Gasteiger partial charge in [0.2, 0.25) is 0 Å². The summed E-state index contributed by atoms with van der Waals surface area (Å²) in [7, 11) is 0. The number of benzene rings is 4. The number of para-hydroxylation sites is 1. The smallest absolute Gasteiger partial charge is 0.0876 e. The zero-order valence-electron chi connectivity index (χ0n) is 23.4. The van der Waals surface area contributed by atoms with E-state index in [1.165, 1.54) is 22.5 Å². The number of rotatable bonds is 9. The monoisotopic (exact) mass is 524 g/mol. The Balaban J connectivity index is 1.39. The third-order valence-corrected chi connectivity index (χ3v) is 7.72. The molecule has 0 atom stereocenters. The van der Waals surface area contributed by atoms with Gasteiger partial charge in [0.25, 0.3) is 0 Å². The fraction of sp³-hybridized carbons (Fsp3) is 0.194. The van der Waals surface area contributed by atoms with Crippen LogP contribution in [0.4, 0.5) is 22.7 Å². The lowest BCUT2D eigenvalue weighted by Crippen LogP contribution is -2.31. The normalized spacial score (nSPS) is 13.9. The Morgan fingerprint density at radius 2 is 1.30 bits per heavy atom. The molecule has 4 nitrogen and oxygen atoms in total. The van der Waals surface area contributed by atoms with Gasteiger partial charge in [0.15, 0.2) is 0 Å². The summed E-state index contributed by atoms with van der Waals surface area (Å²) >= 11 is 0. The van der Waals surface area contributed by atoms with Gasteiger partial charge in [-0.1, -0.05) is 84.9 Å². The molecule has 0 saturated carbocycles. The van der Waals surface area contributed by atoms with Crippen LogP contribution in [0, 0.1) is 0 Å². The molecule has 200 valence electrons. The number of hydrogen-bond donors (Lipinski definition) is 0. The van der Waals surface area contributed by atoms with Gasteiger partial charge in [0.1, 0.15) is 0 Å². The van der Waals surface area contributed by atoms with E-state index in [1.54, 1.807) is 0 Å². The molecule has 0 amide bonds. The van der Waals surface area contributed by atoms with Crippen molar-refractivity contribution in [2.45, 2.75) is 33.4 Å². The Bertz CT molecular complexity index is 1540. The van der Waals surface area contributed by atoms with Crippen molar-refractivity contribution in [2.75, 3.05) is 22.9 Å². The Hall–Kier alpha value is -4.57. The Morgan fingerprint density at radius 1 is 0.700 bits per heavy atom. The van der Waals surface area contributed by atoms with Crippen LogP contribution in [-0.4, -0.2) is 23.7 Å². The molecule has 0 spiro atoms. The van der Waals surface area contributed by atoms with Crippen molar-refractivity contribution in [2.24, 2.45) is 4.99 Å². The highest BCUT2D eigenvalue weighted by Gasteiger charge is 2.29. The van der Waals surface area contributed by atoms with Crippen LogP contribution < -0.4 is 9.80 Å². The minimum Gasteiger partial charge on any atom is -0.368 e. The van der Waals surface area contributed by atoms with Gasteiger partial charge < -0.3 is 14.7 Å². The van der Waals surface area contributed by atoms with Gasteiger partial charge in [0.05, 0.1) is 22.8 Å². The predicted molar refractivity (Wildman–Crippen MR) is 169 cm³/mol. The summed E-state index contributed by atoms with van der Waals surface area (Å²) in [6, 6.07) is 38.8. The van der Waals surface area contributed by atoms with E-state index in [1.807, 2.05) is 0 Å². The van der Waals surface area contributed by atoms with Crippen LogP contribution in [0.15, 0.2) is 138 Å². The first-order valence-corrected chi connectivity index (χ1v) is 14.3. The average molecular weight is 525 g/mol. The Labute approximate surface area is 238 Å². The van der Waals surface area contributed by atoms with Crippen molar-refractivity contribution in [3.63, 3.8) is 0 Å². The zero-order chi connectivity index (χ0) is 27.3. The van der Waals surface area contributed by atoms with Crippen LogP contribution in [0.3, 0.4) is 0 Å². The molecule has 40 heavy (non-hydrogen) atoms. The minimum absolute atomic E-state index is 0.812. The highest BCUT2D eigenvalue weighted by atomic mass is 15.2. The fourth-order valence-electron chi connectivity index (χ4n) is 5.60. The summed E-state index contributed by atoms with van der Waals surface area (Å²) in [5.74, 6) is 0. The Kier molecular flexibility index (Phi) is 7.49. The standard InChI is InChI=1S/C36H36N4/c1-3-38(26-28-14-8-5-9-15-28)31-20-22-33-35(24-31)40(30-18-12-7-13-19-30)36-25-32(21-23-34(36)37-33)39(4-2)27-29-16-10-6-11-17-29/h5-22,24-25H,3-4,23,26-27H2,1-2H3. The summed E-state index contributed by atoms with van der Waals surface area (Å²) in [5.41, 5.74) is 10.6. The number of allylic oxidation sites excluding steroid dienone is 3. The number of fused-ring (bicyclic) bond motifs is 2. The molecule has 6 rings (SSSR count). The summed E-state index contributed by atoms with van der Waals surface area (Å²) < 4.78 is 0. The molecule has 2 aliphatic rings. The minimum atomic E-state index is 0.812. The molecule has 4 aromatic carbocycles. The molecule has 1 aliphatic heterocycles. The molecule has 4 heteroatoms. The summed E-state index contributed by atoms with van der Waals surface area (Å²) in [6.45, 7) is 8.07. The van der Waals surface area contributed by atoms with Gasteiger partial charge in [0, 0.05) is 49.7 Å².